The number of nitrogen functional groups attached to an aromatic ring is 1. The van der Waals surface area contributed by atoms with Gasteiger partial charge in [-0.1, -0.05) is 19.3 Å². The lowest BCUT2D eigenvalue weighted by atomic mass is 9.94. The van der Waals surface area contributed by atoms with Gasteiger partial charge in [0.25, 0.3) is 5.56 Å². The van der Waals surface area contributed by atoms with Crippen LogP contribution in [0.2, 0.25) is 0 Å². The number of rotatable bonds is 2. The molecule has 3 heteroatoms. The fourth-order valence-corrected chi connectivity index (χ4v) is 3.01. The van der Waals surface area contributed by atoms with Crippen molar-refractivity contribution in [3.63, 3.8) is 0 Å². The van der Waals surface area contributed by atoms with Gasteiger partial charge in [0.05, 0.1) is 5.69 Å². The first-order valence-electron chi connectivity index (χ1n) is 6.78. The number of hydrogen-bond donors (Lipinski definition) is 1. The highest BCUT2D eigenvalue weighted by Crippen LogP contribution is 2.41. The van der Waals surface area contributed by atoms with E-state index >= 15 is 0 Å². The Labute approximate surface area is 102 Å². The zero-order valence-corrected chi connectivity index (χ0v) is 10.2. The van der Waals surface area contributed by atoms with E-state index in [0.717, 1.165) is 12.8 Å². The average molecular weight is 232 g/mol. The van der Waals surface area contributed by atoms with Gasteiger partial charge in [0.1, 0.15) is 0 Å². The van der Waals surface area contributed by atoms with Crippen LogP contribution in [-0.4, -0.2) is 4.57 Å². The third kappa shape index (κ3) is 1.99. The highest BCUT2D eigenvalue weighted by atomic mass is 16.1. The van der Waals surface area contributed by atoms with Crippen molar-refractivity contribution >= 4 is 5.69 Å². The molecular weight excluding hydrogens is 212 g/mol. The van der Waals surface area contributed by atoms with Gasteiger partial charge in [-0.05, 0) is 43.7 Å². The molecule has 0 amide bonds. The molecule has 0 saturated heterocycles. The first-order valence-corrected chi connectivity index (χ1v) is 6.78. The van der Waals surface area contributed by atoms with E-state index in [4.69, 9.17) is 5.73 Å². The Kier molecular flexibility index (Phi) is 2.69. The Balaban J connectivity index is 2.04. The molecule has 0 aliphatic heterocycles. The van der Waals surface area contributed by atoms with E-state index in [9.17, 15) is 4.79 Å². The molecule has 0 unspecified atom stereocenters. The number of aromatic nitrogens is 1. The summed E-state index contributed by atoms with van der Waals surface area (Å²) in [6.07, 6.45) is 8.55. The zero-order valence-electron chi connectivity index (χ0n) is 10.2. The van der Waals surface area contributed by atoms with Crippen molar-refractivity contribution in [2.45, 2.75) is 56.9 Å². The minimum atomic E-state index is 0.0429. The summed E-state index contributed by atoms with van der Waals surface area (Å²) in [4.78, 5) is 12.3. The SMILES string of the molecule is Nc1ccc(C2CC2)n(C2CCCCC2)c1=O. The van der Waals surface area contributed by atoms with E-state index in [0.29, 0.717) is 17.6 Å². The highest BCUT2D eigenvalue weighted by molar-refractivity contribution is 5.37. The van der Waals surface area contributed by atoms with E-state index in [1.807, 2.05) is 4.57 Å². The smallest absolute Gasteiger partial charge is 0.274 e. The van der Waals surface area contributed by atoms with Crippen molar-refractivity contribution in [2.75, 3.05) is 5.73 Å². The Hall–Kier alpha value is -1.25. The molecule has 1 aromatic heterocycles. The van der Waals surface area contributed by atoms with E-state index < -0.39 is 0 Å². The molecule has 3 nitrogen and oxygen atoms in total. The number of anilines is 1. The number of hydrogen-bond acceptors (Lipinski definition) is 2. The molecule has 0 radical (unpaired) electrons. The Bertz CT molecular complexity index is 468. The minimum Gasteiger partial charge on any atom is -0.394 e. The van der Waals surface area contributed by atoms with Gasteiger partial charge in [-0.2, -0.15) is 0 Å². The summed E-state index contributed by atoms with van der Waals surface area (Å²) in [5.74, 6) is 0.616. The number of pyridine rings is 1. The van der Waals surface area contributed by atoms with Crippen LogP contribution in [0.15, 0.2) is 16.9 Å². The Morgan fingerprint density at radius 3 is 2.41 bits per heavy atom. The summed E-state index contributed by atoms with van der Waals surface area (Å²) in [6.45, 7) is 0. The molecule has 0 spiro atoms. The lowest BCUT2D eigenvalue weighted by molar-refractivity contribution is 0.339. The van der Waals surface area contributed by atoms with Gasteiger partial charge >= 0.3 is 0 Å². The highest BCUT2D eigenvalue weighted by Gasteiger charge is 2.29. The lowest BCUT2D eigenvalue weighted by Crippen LogP contribution is -2.30. The third-order valence-electron chi connectivity index (χ3n) is 4.11. The van der Waals surface area contributed by atoms with Gasteiger partial charge in [0.15, 0.2) is 0 Å². The molecule has 2 aliphatic rings. The maximum Gasteiger partial charge on any atom is 0.274 e. The van der Waals surface area contributed by atoms with Gasteiger partial charge in [0, 0.05) is 11.7 Å². The third-order valence-corrected chi connectivity index (χ3v) is 4.11. The second kappa shape index (κ2) is 4.21. The lowest BCUT2D eigenvalue weighted by Gasteiger charge is -2.27. The molecule has 2 N–H and O–H groups in total. The first-order chi connectivity index (χ1) is 8.27. The number of nitrogens with zero attached hydrogens (tertiary/aromatic N) is 1. The van der Waals surface area contributed by atoms with E-state index in [1.54, 1.807) is 6.07 Å². The van der Waals surface area contributed by atoms with Crippen LogP contribution in [-0.2, 0) is 0 Å². The largest absolute Gasteiger partial charge is 0.394 e. The fraction of sp³-hybridized carbons (Fsp3) is 0.643. The normalized spacial score (nSPS) is 21.6. The molecule has 92 valence electrons. The second-order valence-electron chi connectivity index (χ2n) is 5.45. The van der Waals surface area contributed by atoms with Crippen LogP contribution < -0.4 is 11.3 Å². The van der Waals surface area contributed by atoms with Gasteiger partial charge in [-0.15, -0.1) is 0 Å². The van der Waals surface area contributed by atoms with Crippen molar-refractivity contribution in [1.82, 2.24) is 4.57 Å². The molecule has 0 bridgehead atoms. The van der Waals surface area contributed by atoms with Gasteiger partial charge in [-0.25, -0.2) is 0 Å². The fourth-order valence-electron chi connectivity index (χ4n) is 3.01. The van der Waals surface area contributed by atoms with Crippen LogP contribution in [0.5, 0.6) is 0 Å². The molecule has 17 heavy (non-hydrogen) atoms. The molecule has 1 heterocycles. The van der Waals surface area contributed by atoms with Crippen molar-refractivity contribution in [1.29, 1.82) is 0 Å². The van der Waals surface area contributed by atoms with Crippen molar-refractivity contribution in [3.05, 3.63) is 28.2 Å². The van der Waals surface area contributed by atoms with Crippen LogP contribution in [0.1, 0.15) is 62.6 Å². The average Bonchev–Trinajstić information content (AvgIpc) is 3.18. The Morgan fingerprint density at radius 2 is 1.76 bits per heavy atom. The summed E-state index contributed by atoms with van der Waals surface area (Å²) in [7, 11) is 0. The van der Waals surface area contributed by atoms with E-state index in [-0.39, 0.29) is 5.56 Å². The predicted octanol–water partition coefficient (Wildman–Crippen LogP) is 2.81. The molecule has 1 aromatic rings. The monoisotopic (exact) mass is 232 g/mol. The topological polar surface area (TPSA) is 48.0 Å². The summed E-state index contributed by atoms with van der Waals surface area (Å²) < 4.78 is 2.02. The first kappa shape index (κ1) is 10.9. The molecule has 3 rings (SSSR count). The maximum atomic E-state index is 12.3. The predicted molar refractivity (Wildman–Crippen MR) is 69.2 cm³/mol. The van der Waals surface area contributed by atoms with Gasteiger partial charge in [-0.3, -0.25) is 4.79 Å². The molecule has 2 saturated carbocycles. The maximum absolute atomic E-state index is 12.3. The minimum absolute atomic E-state index is 0.0429. The van der Waals surface area contributed by atoms with E-state index in [1.165, 1.54) is 37.8 Å². The van der Waals surface area contributed by atoms with Crippen molar-refractivity contribution in [3.8, 4) is 0 Å². The number of nitrogens with two attached hydrogens (primary N) is 1. The van der Waals surface area contributed by atoms with Crippen LogP contribution in [0.4, 0.5) is 5.69 Å². The summed E-state index contributed by atoms with van der Waals surface area (Å²) in [5.41, 5.74) is 7.46. The zero-order chi connectivity index (χ0) is 11.8. The summed E-state index contributed by atoms with van der Waals surface area (Å²) >= 11 is 0. The Morgan fingerprint density at radius 1 is 1.06 bits per heavy atom. The van der Waals surface area contributed by atoms with Crippen LogP contribution in [0.3, 0.4) is 0 Å². The van der Waals surface area contributed by atoms with Crippen LogP contribution >= 0.6 is 0 Å². The van der Waals surface area contributed by atoms with Crippen molar-refractivity contribution in [2.24, 2.45) is 0 Å². The summed E-state index contributed by atoms with van der Waals surface area (Å²) in [6, 6.07) is 4.26. The quantitative estimate of drug-likeness (QED) is 0.852. The molecular formula is C14H20N2O. The molecule has 2 fully saturated rings. The van der Waals surface area contributed by atoms with Gasteiger partial charge < -0.3 is 10.3 Å². The van der Waals surface area contributed by atoms with E-state index in [2.05, 4.69) is 6.07 Å². The summed E-state index contributed by atoms with van der Waals surface area (Å²) in [5, 5.41) is 0. The van der Waals surface area contributed by atoms with Crippen LogP contribution in [0, 0.1) is 0 Å². The molecule has 0 atom stereocenters. The molecule has 2 aliphatic carbocycles. The molecule has 0 aromatic carbocycles. The van der Waals surface area contributed by atoms with Gasteiger partial charge in [0.2, 0.25) is 0 Å². The van der Waals surface area contributed by atoms with Crippen molar-refractivity contribution < 1.29 is 0 Å². The second-order valence-corrected chi connectivity index (χ2v) is 5.45. The standard InChI is InChI=1S/C14H20N2O/c15-12-8-9-13(10-6-7-10)16(14(12)17)11-4-2-1-3-5-11/h8-11H,1-7,15H2. The van der Waals surface area contributed by atoms with Crippen LogP contribution in [0.25, 0.3) is 0 Å².